The number of rotatable bonds is 4. The molecule has 25 heavy (non-hydrogen) atoms. The third kappa shape index (κ3) is 4.13. The smallest absolute Gasteiger partial charge is 0.317 e. The van der Waals surface area contributed by atoms with Crippen LogP contribution in [0.4, 0.5) is 8.78 Å². The van der Waals surface area contributed by atoms with Crippen molar-refractivity contribution in [3.8, 4) is 0 Å². The van der Waals surface area contributed by atoms with E-state index in [2.05, 4.69) is 0 Å². The molecule has 2 aliphatic heterocycles. The van der Waals surface area contributed by atoms with Gasteiger partial charge in [-0.05, 0) is 6.07 Å². The van der Waals surface area contributed by atoms with Crippen molar-refractivity contribution in [3.63, 3.8) is 0 Å². The number of halogens is 2. The van der Waals surface area contributed by atoms with E-state index in [0.29, 0.717) is 32.8 Å². The maximum atomic E-state index is 13.8. The molecule has 1 aromatic rings. The Morgan fingerprint density at radius 3 is 2.76 bits per heavy atom. The number of aliphatic carboxylic acids is 1. The highest BCUT2D eigenvalue weighted by molar-refractivity contribution is 5.79. The van der Waals surface area contributed by atoms with Crippen LogP contribution in [0.2, 0.25) is 0 Å². The Bertz CT molecular complexity index is 670. The van der Waals surface area contributed by atoms with Crippen molar-refractivity contribution in [3.05, 3.63) is 35.4 Å². The summed E-state index contributed by atoms with van der Waals surface area (Å²) < 4.78 is 32.7. The van der Waals surface area contributed by atoms with Crippen LogP contribution >= 0.6 is 0 Å². The Kier molecular flexibility index (Phi) is 5.29. The normalized spacial score (nSPS) is 24.0. The van der Waals surface area contributed by atoms with Gasteiger partial charge in [0, 0.05) is 31.1 Å². The molecular formula is C17H20F2N2O4. The Morgan fingerprint density at radius 1 is 1.20 bits per heavy atom. The number of amides is 1. The second kappa shape index (κ2) is 7.45. The number of carboxylic acids is 1. The van der Waals surface area contributed by atoms with Crippen LogP contribution < -0.4 is 0 Å². The maximum Gasteiger partial charge on any atom is 0.317 e. The summed E-state index contributed by atoms with van der Waals surface area (Å²) in [5, 5.41) is 9.06. The van der Waals surface area contributed by atoms with Crippen molar-refractivity contribution < 1.29 is 28.2 Å². The molecule has 2 atom stereocenters. The minimum atomic E-state index is -0.998. The highest BCUT2D eigenvalue weighted by Crippen LogP contribution is 2.21. The van der Waals surface area contributed by atoms with E-state index in [1.807, 2.05) is 4.90 Å². The Morgan fingerprint density at radius 2 is 2.00 bits per heavy atom. The predicted octanol–water partition coefficient (Wildman–Crippen LogP) is 0.751. The Labute approximate surface area is 144 Å². The van der Waals surface area contributed by atoms with Gasteiger partial charge in [0.15, 0.2) is 11.6 Å². The molecule has 1 amide bonds. The zero-order valence-electron chi connectivity index (χ0n) is 13.7. The lowest BCUT2D eigenvalue weighted by atomic mass is 10.1. The van der Waals surface area contributed by atoms with Crippen LogP contribution in [0.15, 0.2) is 18.2 Å². The van der Waals surface area contributed by atoms with Gasteiger partial charge in [-0.1, -0.05) is 12.1 Å². The summed E-state index contributed by atoms with van der Waals surface area (Å²) in [6, 6.07) is 3.57. The molecule has 8 heteroatoms. The van der Waals surface area contributed by atoms with Crippen LogP contribution in [0.3, 0.4) is 0 Å². The van der Waals surface area contributed by atoms with E-state index >= 15 is 0 Å². The second-order valence-electron chi connectivity index (χ2n) is 6.57. The molecule has 136 valence electrons. The largest absolute Gasteiger partial charge is 0.480 e. The number of benzene rings is 1. The van der Waals surface area contributed by atoms with Crippen molar-refractivity contribution >= 4 is 11.9 Å². The highest BCUT2D eigenvalue weighted by Gasteiger charge is 2.35. The van der Waals surface area contributed by atoms with Gasteiger partial charge in [0.05, 0.1) is 32.2 Å². The third-order valence-corrected chi connectivity index (χ3v) is 4.65. The Hall–Kier alpha value is -2.06. The molecule has 3 rings (SSSR count). The van der Waals surface area contributed by atoms with E-state index in [1.54, 1.807) is 4.90 Å². The first-order valence-electron chi connectivity index (χ1n) is 8.18. The molecular weight excluding hydrogens is 334 g/mol. The van der Waals surface area contributed by atoms with E-state index in [-0.39, 0.29) is 36.4 Å². The first-order valence-corrected chi connectivity index (χ1v) is 8.18. The van der Waals surface area contributed by atoms with Crippen LogP contribution in [0, 0.1) is 17.6 Å². The predicted molar refractivity (Wildman–Crippen MR) is 83.9 cm³/mol. The average molecular weight is 354 g/mol. The SMILES string of the molecule is O=C(O)CN1C[C@H]2COC[C@@H]1CN(C(=O)Cc1cccc(F)c1F)C2. The molecule has 2 bridgehead atoms. The van der Waals surface area contributed by atoms with Gasteiger partial charge in [-0.3, -0.25) is 14.5 Å². The van der Waals surface area contributed by atoms with Crippen molar-refractivity contribution in [2.45, 2.75) is 12.5 Å². The summed E-state index contributed by atoms with van der Waals surface area (Å²) in [6.07, 6.45) is -0.219. The number of hydrogen-bond acceptors (Lipinski definition) is 4. The van der Waals surface area contributed by atoms with Gasteiger partial charge in [0.1, 0.15) is 0 Å². The maximum absolute atomic E-state index is 13.8. The molecule has 6 nitrogen and oxygen atoms in total. The summed E-state index contributed by atoms with van der Waals surface area (Å²) in [5.74, 6) is -3.19. The lowest BCUT2D eigenvalue weighted by Gasteiger charge is -2.30. The van der Waals surface area contributed by atoms with Crippen molar-refractivity contribution in [2.75, 3.05) is 39.4 Å². The van der Waals surface area contributed by atoms with E-state index in [1.165, 1.54) is 12.1 Å². The van der Waals surface area contributed by atoms with Gasteiger partial charge >= 0.3 is 5.97 Å². The van der Waals surface area contributed by atoms with E-state index in [0.717, 1.165) is 6.07 Å². The highest BCUT2D eigenvalue weighted by atomic mass is 19.2. The number of hydrogen-bond donors (Lipinski definition) is 1. The molecule has 0 unspecified atom stereocenters. The number of ether oxygens (including phenoxy) is 1. The van der Waals surface area contributed by atoms with Crippen LogP contribution in [0.25, 0.3) is 0 Å². The zero-order chi connectivity index (χ0) is 18.0. The van der Waals surface area contributed by atoms with Crippen molar-refractivity contribution in [1.29, 1.82) is 0 Å². The van der Waals surface area contributed by atoms with Gasteiger partial charge in [-0.25, -0.2) is 8.78 Å². The summed E-state index contributed by atoms with van der Waals surface area (Å²) in [6.45, 7) is 1.97. The fourth-order valence-electron chi connectivity index (χ4n) is 3.46. The molecule has 2 saturated heterocycles. The van der Waals surface area contributed by atoms with Gasteiger partial charge in [-0.2, -0.15) is 0 Å². The van der Waals surface area contributed by atoms with Gasteiger partial charge in [-0.15, -0.1) is 0 Å². The number of carboxylic acid groups (broad SMARTS) is 1. The Balaban J connectivity index is 1.73. The molecule has 2 heterocycles. The second-order valence-corrected chi connectivity index (χ2v) is 6.57. The molecule has 0 aliphatic carbocycles. The lowest BCUT2D eigenvalue weighted by molar-refractivity contribution is -0.139. The topological polar surface area (TPSA) is 70.1 Å². The van der Waals surface area contributed by atoms with Gasteiger partial charge in [0.25, 0.3) is 0 Å². The molecule has 0 radical (unpaired) electrons. The monoisotopic (exact) mass is 354 g/mol. The molecule has 0 spiro atoms. The van der Waals surface area contributed by atoms with Gasteiger partial charge < -0.3 is 14.7 Å². The molecule has 2 fully saturated rings. The standard InChI is InChI=1S/C17H20F2N2O4/c18-14-3-1-2-12(17(14)19)4-15(22)21-6-11-5-20(8-16(23)24)13(7-21)10-25-9-11/h1-3,11,13H,4-10H2,(H,23,24)/t11-,13+/m1/s1. The molecule has 0 aromatic heterocycles. The molecule has 1 aromatic carbocycles. The van der Waals surface area contributed by atoms with Crippen LogP contribution in [-0.2, 0) is 20.7 Å². The summed E-state index contributed by atoms with van der Waals surface area (Å²) in [4.78, 5) is 27.1. The number of carbonyl (C=O) groups excluding carboxylic acids is 1. The van der Waals surface area contributed by atoms with Crippen molar-refractivity contribution in [1.82, 2.24) is 9.80 Å². The summed E-state index contributed by atoms with van der Waals surface area (Å²) >= 11 is 0. The van der Waals surface area contributed by atoms with Crippen LogP contribution in [-0.4, -0.2) is 72.2 Å². The first-order chi connectivity index (χ1) is 11.9. The van der Waals surface area contributed by atoms with Crippen LogP contribution in [0.5, 0.6) is 0 Å². The minimum Gasteiger partial charge on any atom is -0.480 e. The van der Waals surface area contributed by atoms with Gasteiger partial charge in [0.2, 0.25) is 5.91 Å². The number of nitrogens with zero attached hydrogens (tertiary/aromatic N) is 2. The zero-order valence-corrected chi connectivity index (χ0v) is 13.7. The quantitative estimate of drug-likeness (QED) is 0.864. The lowest BCUT2D eigenvalue weighted by Crippen LogP contribution is -2.47. The average Bonchev–Trinajstić information content (AvgIpc) is 2.81. The summed E-state index contributed by atoms with van der Waals surface area (Å²) in [5.41, 5.74) is 0.0260. The molecule has 2 aliphatic rings. The summed E-state index contributed by atoms with van der Waals surface area (Å²) in [7, 11) is 0. The first kappa shape index (κ1) is 17.8. The fraction of sp³-hybridized carbons (Fsp3) is 0.529. The van der Waals surface area contributed by atoms with E-state index in [4.69, 9.17) is 9.84 Å². The van der Waals surface area contributed by atoms with E-state index in [9.17, 15) is 18.4 Å². The molecule has 0 saturated carbocycles. The minimum absolute atomic E-state index is 0.00634. The fourth-order valence-corrected chi connectivity index (χ4v) is 3.46. The van der Waals surface area contributed by atoms with Crippen molar-refractivity contribution in [2.24, 2.45) is 5.92 Å². The van der Waals surface area contributed by atoms with E-state index < -0.39 is 17.6 Å². The van der Waals surface area contributed by atoms with Crippen LogP contribution in [0.1, 0.15) is 5.56 Å². The molecule has 1 N–H and O–H groups in total. The number of carbonyl (C=O) groups is 2. The third-order valence-electron chi connectivity index (χ3n) is 4.65. The number of fused-ring (bicyclic) bond motifs is 3.